The highest BCUT2D eigenvalue weighted by Gasteiger charge is 2.30. The average Bonchev–Trinajstić information content (AvgIpc) is 2.76. The molecule has 0 bridgehead atoms. The molecule has 0 aliphatic heterocycles. The molecule has 0 saturated carbocycles. The molecule has 0 N–H and O–H groups in total. The van der Waals surface area contributed by atoms with E-state index in [2.05, 4.69) is 10.1 Å². The van der Waals surface area contributed by atoms with Gasteiger partial charge in [0.25, 0.3) is 0 Å². The number of hydrogen-bond acceptors (Lipinski definition) is 3. The Morgan fingerprint density at radius 1 is 1.28 bits per heavy atom. The molecule has 18 heavy (non-hydrogen) atoms. The first-order valence-electron chi connectivity index (χ1n) is 5.02. The van der Waals surface area contributed by atoms with Gasteiger partial charge in [0.15, 0.2) is 5.82 Å². The van der Waals surface area contributed by atoms with Gasteiger partial charge in [-0.1, -0.05) is 23.4 Å². The molecule has 0 spiro atoms. The molecule has 96 valence electrons. The first-order valence-corrected chi connectivity index (χ1v) is 5.56. The number of rotatable bonds is 3. The van der Waals surface area contributed by atoms with E-state index in [0.717, 1.165) is 12.1 Å². The SMILES string of the molecule is FC(F)(F)c1cccc(Cc2noc(CCl)n2)c1. The fourth-order valence-electron chi connectivity index (χ4n) is 1.46. The lowest BCUT2D eigenvalue weighted by molar-refractivity contribution is -0.137. The average molecular weight is 277 g/mol. The lowest BCUT2D eigenvalue weighted by Gasteiger charge is -2.07. The van der Waals surface area contributed by atoms with Gasteiger partial charge in [-0.2, -0.15) is 18.2 Å². The maximum atomic E-state index is 12.5. The van der Waals surface area contributed by atoms with Crippen LogP contribution in [-0.4, -0.2) is 10.1 Å². The molecule has 0 fully saturated rings. The minimum absolute atomic E-state index is 0.0790. The molecule has 0 unspecified atom stereocenters. The summed E-state index contributed by atoms with van der Waals surface area (Å²) in [6.45, 7) is 0. The van der Waals surface area contributed by atoms with Gasteiger partial charge in [0.1, 0.15) is 5.88 Å². The number of halogens is 4. The van der Waals surface area contributed by atoms with Crippen LogP contribution in [0, 0.1) is 0 Å². The number of alkyl halides is 4. The van der Waals surface area contributed by atoms with Crippen LogP contribution in [0.15, 0.2) is 28.8 Å². The Labute approximate surface area is 106 Å². The predicted octanol–water partition coefficient (Wildman–Crippen LogP) is 3.42. The Kier molecular flexibility index (Phi) is 3.56. The van der Waals surface area contributed by atoms with E-state index < -0.39 is 11.7 Å². The summed E-state index contributed by atoms with van der Waals surface area (Å²) in [5, 5.41) is 3.62. The zero-order chi connectivity index (χ0) is 13.2. The largest absolute Gasteiger partial charge is 0.416 e. The van der Waals surface area contributed by atoms with E-state index in [4.69, 9.17) is 16.1 Å². The van der Waals surface area contributed by atoms with E-state index in [0.29, 0.717) is 11.4 Å². The molecule has 0 atom stereocenters. The molecule has 0 radical (unpaired) electrons. The summed E-state index contributed by atoms with van der Waals surface area (Å²) in [5.74, 6) is 0.638. The van der Waals surface area contributed by atoms with E-state index in [1.807, 2.05) is 0 Å². The van der Waals surface area contributed by atoms with Crippen molar-refractivity contribution in [3.05, 3.63) is 47.1 Å². The minimum atomic E-state index is -4.35. The highest BCUT2D eigenvalue weighted by Crippen LogP contribution is 2.29. The fraction of sp³-hybridized carbons (Fsp3) is 0.273. The number of hydrogen-bond donors (Lipinski definition) is 0. The van der Waals surface area contributed by atoms with Crippen molar-refractivity contribution in [3.63, 3.8) is 0 Å². The van der Waals surface area contributed by atoms with Crippen LogP contribution in [-0.2, 0) is 18.5 Å². The summed E-state index contributed by atoms with van der Waals surface area (Å²) in [5.41, 5.74) is -0.229. The standard InChI is InChI=1S/C11H8ClF3N2O/c12-6-10-16-9(17-18-10)5-7-2-1-3-8(4-7)11(13,14)15/h1-4H,5-6H2. The molecule has 2 aromatic rings. The van der Waals surface area contributed by atoms with Crippen LogP contribution in [0.25, 0.3) is 0 Å². The molecule has 1 aromatic heterocycles. The molecule has 7 heteroatoms. The van der Waals surface area contributed by atoms with E-state index in [9.17, 15) is 13.2 Å². The Bertz CT molecular complexity index is 539. The van der Waals surface area contributed by atoms with E-state index in [-0.39, 0.29) is 18.2 Å². The van der Waals surface area contributed by atoms with E-state index >= 15 is 0 Å². The third kappa shape index (κ3) is 3.01. The van der Waals surface area contributed by atoms with Gasteiger partial charge in [-0.15, -0.1) is 11.6 Å². The third-order valence-corrected chi connectivity index (χ3v) is 2.47. The molecule has 3 nitrogen and oxygen atoms in total. The second-order valence-corrected chi connectivity index (χ2v) is 3.88. The highest BCUT2D eigenvalue weighted by molar-refractivity contribution is 6.16. The van der Waals surface area contributed by atoms with Crippen LogP contribution >= 0.6 is 11.6 Å². The lowest BCUT2D eigenvalue weighted by Crippen LogP contribution is -2.05. The normalized spacial score (nSPS) is 11.8. The second-order valence-electron chi connectivity index (χ2n) is 3.61. The van der Waals surface area contributed by atoms with Crippen molar-refractivity contribution in [1.82, 2.24) is 10.1 Å². The molecule has 2 rings (SSSR count). The Morgan fingerprint density at radius 3 is 2.67 bits per heavy atom. The molecule has 0 amide bonds. The Hall–Kier alpha value is -1.56. The fourth-order valence-corrected chi connectivity index (χ4v) is 1.56. The zero-order valence-electron chi connectivity index (χ0n) is 9.04. The van der Waals surface area contributed by atoms with E-state index in [1.165, 1.54) is 6.07 Å². The van der Waals surface area contributed by atoms with Crippen molar-refractivity contribution in [2.45, 2.75) is 18.5 Å². The topological polar surface area (TPSA) is 38.9 Å². The van der Waals surface area contributed by atoms with E-state index in [1.54, 1.807) is 6.07 Å². The molecule has 1 heterocycles. The summed E-state index contributed by atoms with van der Waals surface area (Å²) in [7, 11) is 0. The number of aromatic nitrogens is 2. The van der Waals surface area contributed by atoms with Crippen molar-refractivity contribution in [2.75, 3.05) is 0 Å². The summed E-state index contributed by atoms with van der Waals surface area (Å²) >= 11 is 5.48. The smallest absolute Gasteiger partial charge is 0.338 e. The second kappa shape index (κ2) is 4.97. The van der Waals surface area contributed by atoms with Gasteiger partial charge in [-0.05, 0) is 11.6 Å². The molecular formula is C11H8ClF3N2O. The number of benzene rings is 1. The Balaban J connectivity index is 2.19. The van der Waals surface area contributed by atoms with Gasteiger partial charge in [-0.25, -0.2) is 0 Å². The van der Waals surface area contributed by atoms with Gasteiger partial charge < -0.3 is 4.52 Å². The van der Waals surface area contributed by atoms with Crippen molar-refractivity contribution >= 4 is 11.6 Å². The van der Waals surface area contributed by atoms with Crippen LogP contribution < -0.4 is 0 Å². The molecular weight excluding hydrogens is 269 g/mol. The summed E-state index contributed by atoms with van der Waals surface area (Å²) in [4.78, 5) is 3.92. The lowest BCUT2D eigenvalue weighted by atomic mass is 10.1. The van der Waals surface area contributed by atoms with Gasteiger partial charge in [0, 0.05) is 6.42 Å². The quantitative estimate of drug-likeness (QED) is 0.806. The molecule has 0 aliphatic carbocycles. The van der Waals surface area contributed by atoms with Crippen molar-refractivity contribution in [2.24, 2.45) is 0 Å². The van der Waals surface area contributed by atoms with Gasteiger partial charge in [-0.3, -0.25) is 0 Å². The van der Waals surface area contributed by atoms with Gasteiger partial charge in [0.2, 0.25) is 5.89 Å². The van der Waals surface area contributed by atoms with Gasteiger partial charge in [0.05, 0.1) is 5.56 Å². The zero-order valence-corrected chi connectivity index (χ0v) is 9.79. The first kappa shape index (κ1) is 12.9. The van der Waals surface area contributed by atoms with Crippen molar-refractivity contribution in [3.8, 4) is 0 Å². The Morgan fingerprint density at radius 2 is 2.06 bits per heavy atom. The van der Waals surface area contributed by atoms with Crippen LogP contribution in [0.1, 0.15) is 22.8 Å². The van der Waals surface area contributed by atoms with Crippen molar-refractivity contribution in [1.29, 1.82) is 0 Å². The summed E-state index contributed by atoms with van der Waals surface area (Å²) in [6.07, 6.45) is -4.18. The van der Waals surface area contributed by atoms with Crippen molar-refractivity contribution < 1.29 is 17.7 Å². The molecule has 0 aliphatic rings. The summed E-state index contributed by atoms with van der Waals surface area (Å²) < 4.78 is 42.3. The van der Waals surface area contributed by atoms with Gasteiger partial charge >= 0.3 is 6.18 Å². The third-order valence-electron chi connectivity index (χ3n) is 2.24. The van der Waals surface area contributed by atoms with Crippen LogP contribution in [0.2, 0.25) is 0 Å². The molecule has 0 saturated heterocycles. The van der Waals surface area contributed by atoms with Crippen LogP contribution in [0.4, 0.5) is 13.2 Å². The maximum Gasteiger partial charge on any atom is 0.416 e. The number of nitrogens with zero attached hydrogens (tertiary/aromatic N) is 2. The van der Waals surface area contributed by atoms with Crippen LogP contribution in [0.5, 0.6) is 0 Å². The van der Waals surface area contributed by atoms with Crippen LogP contribution in [0.3, 0.4) is 0 Å². The summed E-state index contributed by atoms with van der Waals surface area (Å²) in [6, 6.07) is 5.01. The predicted molar refractivity (Wildman–Crippen MR) is 58.1 cm³/mol. The first-order chi connectivity index (χ1) is 8.49. The highest BCUT2D eigenvalue weighted by atomic mass is 35.5. The maximum absolute atomic E-state index is 12.5. The monoisotopic (exact) mass is 276 g/mol. The molecule has 1 aromatic carbocycles. The minimum Gasteiger partial charge on any atom is -0.338 e.